The molecule has 0 spiro atoms. The molecule has 1 unspecified atom stereocenters. The average molecular weight is 674 g/mol. The minimum absolute atomic E-state index is 0.0181. The number of sulfonamides is 1. The molecule has 3 rings (SSSR count). The molecule has 2 amide bonds. The average Bonchev–Trinajstić information content (AvgIpc) is 3.55. The number of nitrogens with two attached hydrogens (primary N) is 2. The van der Waals surface area contributed by atoms with Crippen molar-refractivity contribution >= 4 is 39.5 Å². The molecule has 2 aromatic carbocycles. The summed E-state index contributed by atoms with van der Waals surface area (Å²) in [6.45, 7) is 0.741. The number of rotatable bonds is 19. The summed E-state index contributed by atoms with van der Waals surface area (Å²) in [4.78, 5) is 54.8. The summed E-state index contributed by atoms with van der Waals surface area (Å²) in [5.41, 5.74) is 12.0. The van der Waals surface area contributed by atoms with Crippen LogP contribution in [0.4, 0.5) is 0 Å². The third-order valence-electron chi connectivity index (χ3n) is 7.47. The highest BCUT2D eigenvalue weighted by atomic mass is 32.2. The Labute approximate surface area is 274 Å². The lowest BCUT2D eigenvalue weighted by molar-refractivity contribution is -0.142. The number of benzene rings is 2. The number of nitrogens with one attached hydrogen (secondary N) is 3. The van der Waals surface area contributed by atoms with E-state index in [-0.39, 0.29) is 81.1 Å². The van der Waals surface area contributed by atoms with Crippen LogP contribution in [0, 0.1) is 0 Å². The molecule has 1 heterocycles. The molecule has 1 aliphatic heterocycles. The zero-order valence-corrected chi connectivity index (χ0v) is 27.1. The van der Waals surface area contributed by atoms with Gasteiger partial charge in [-0.1, -0.05) is 42.5 Å². The van der Waals surface area contributed by atoms with Crippen LogP contribution >= 0.6 is 0 Å². The summed E-state index contributed by atoms with van der Waals surface area (Å²) < 4.78 is 32.7. The lowest BCUT2D eigenvalue weighted by atomic mass is 9.98. The summed E-state index contributed by atoms with van der Waals surface area (Å²) in [5, 5.41) is 17.9. The normalized spacial score (nSPS) is 16.1. The van der Waals surface area contributed by atoms with Gasteiger partial charge in [0.15, 0.2) is 11.7 Å². The number of carboxylic acid groups (broad SMARTS) is 1. The molecular weight excluding hydrogens is 630 g/mol. The van der Waals surface area contributed by atoms with Crippen molar-refractivity contribution < 1.29 is 37.4 Å². The first-order valence-electron chi connectivity index (χ1n) is 15.2. The van der Waals surface area contributed by atoms with Crippen LogP contribution in [0.5, 0.6) is 0 Å². The number of carbonyl (C=O) groups excluding carboxylic acids is 3. The third-order valence-corrected chi connectivity index (χ3v) is 9.39. The van der Waals surface area contributed by atoms with E-state index in [2.05, 4.69) is 20.9 Å². The second-order valence-corrected chi connectivity index (χ2v) is 12.9. The fourth-order valence-electron chi connectivity index (χ4n) is 5.08. The molecular formula is C31H43N7O8S. The number of guanidine groups is 1. The number of aliphatic imine (C=N–C) groups is 1. The standard InChI is InChI=1S/C31H43N7O8S/c1-34-20-46-17-14-28(40)36-24(13-15-35-31(32)33)27(39)19-22-11-9-21(10-12-22)18-25(30(42)43)37-29(41)26-8-5-16-38(26)47(44,45)23-6-3-2-4-7-23/h2-4,6-7,9-12,24-26,34H,5,8,13-20H2,1H3,(H,36,40)(H,37,41)(H,42,43)(H4,32,33,35)/t24-,25-,26?/m0/s1. The van der Waals surface area contributed by atoms with Crippen molar-refractivity contribution in [2.45, 2.75) is 61.5 Å². The topological polar surface area (TPSA) is 236 Å². The van der Waals surface area contributed by atoms with Gasteiger partial charge in [-0.15, -0.1) is 0 Å². The predicted molar refractivity (Wildman–Crippen MR) is 173 cm³/mol. The van der Waals surface area contributed by atoms with Crippen LogP contribution in [-0.4, -0.2) is 99.0 Å². The third kappa shape index (κ3) is 11.4. The Kier molecular flexibility index (Phi) is 14.3. The van der Waals surface area contributed by atoms with E-state index in [0.717, 1.165) is 4.31 Å². The number of carboxylic acids is 1. The zero-order valence-electron chi connectivity index (χ0n) is 26.3. The highest BCUT2D eigenvalue weighted by Gasteiger charge is 2.40. The number of hydrogen-bond donors (Lipinski definition) is 6. The van der Waals surface area contributed by atoms with Crippen molar-refractivity contribution in [3.63, 3.8) is 0 Å². The van der Waals surface area contributed by atoms with E-state index in [1.165, 1.54) is 12.1 Å². The molecule has 47 heavy (non-hydrogen) atoms. The van der Waals surface area contributed by atoms with Gasteiger partial charge in [-0.2, -0.15) is 4.31 Å². The zero-order chi connectivity index (χ0) is 34.4. The van der Waals surface area contributed by atoms with Crippen molar-refractivity contribution in [1.29, 1.82) is 0 Å². The van der Waals surface area contributed by atoms with Gasteiger partial charge in [0.1, 0.15) is 12.1 Å². The Balaban J connectivity index is 1.62. The van der Waals surface area contributed by atoms with E-state index >= 15 is 0 Å². The van der Waals surface area contributed by atoms with Gasteiger partial charge in [0, 0.05) is 25.9 Å². The number of nitrogens with zero attached hydrogens (tertiary/aromatic N) is 2. The van der Waals surface area contributed by atoms with E-state index in [1.54, 1.807) is 49.5 Å². The molecule has 0 saturated carbocycles. The van der Waals surface area contributed by atoms with Crippen molar-refractivity contribution in [2.75, 3.05) is 33.5 Å². The van der Waals surface area contributed by atoms with Gasteiger partial charge in [-0.05, 0) is 49.6 Å². The first kappa shape index (κ1) is 37.1. The smallest absolute Gasteiger partial charge is 0.326 e. The largest absolute Gasteiger partial charge is 0.480 e. The van der Waals surface area contributed by atoms with Crippen LogP contribution < -0.4 is 27.4 Å². The number of hydrogen-bond acceptors (Lipinski definition) is 9. The van der Waals surface area contributed by atoms with Gasteiger partial charge in [-0.25, -0.2) is 13.2 Å². The quantitative estimate of drug-likeness (QED) is 0.0481. The minimum Gasteiger partial charge on any atom is -0.480 e. The highest BCUT2D eigenvalue weighted by molar-refractivity contribution is 7.89. The van der Waals surface area contributed by atoms with E-state index in [4.69, 9.17) is 16.2 Å². The molecule has 0 aliphatic carbocycles. The fraction of sp³-hybridized carbons (Fsp3) is 0.452. The van der Waals surface area contributed by atoms with Crippen molar-refractivity contribution in [3.05, 3.63) is 65.7 Å². The second-order valence-electron chi connectivity index (χ2n) is 11.0. The molecule has 256 valence electrons. The van der Waals surface area contributed by atoms with Crippen LogP contribution in [0.15, 0.2) is 64.5 Å². The van der Waals surface area contributed by atoms with Crippen LogP contribution in [0.2, 0.25) is 0 Å². The summed E-state index contributed by atoms with van der Waals surface area (Å²) in [7, 11) is -2.23. The number of ether oxygens (including phenoxy) is 1. The Morgan fingerprint density at radius 2 is 1.70 bits per heavy atom. The Morgan fingerprint density at radius 3 is 2.34 bits per heavy atom. The molecule has 16 heteroatoms. The SMILES string of the molecule is CNCOCCC(=O)N[C@@H](CCN=C(N)N)C(=O)Cc1ccc(C[C@H](NC(=O)C2CCCN2S(=O)(=O)c2ccccc2)C(=O)O)cc1. The van der Waals surface area contributed by atoms with Gasteiger partial charge in [0.05, 0.1) is 30.7 Å². The molecule has 1 fully saturated rings. The number of amides is 2. The summed E-state index contributed by atoms with van der Waals surface area (Å²) >= 11 is 0. The van der Waals surface area contributed by atoms with E-state index in [1.807, 2.05) is 0 Å². The second kappa shape index (κ2) is 18.1. The van der Waals surface area contributed by atoms with Gasteiger partial charge >= 0.3 is 5.97 Å². The molecule has 15 nitrogen and oxygen atoms in total. The number of aliphatic carboxylic acids is 1. The monoisotopic (exact) mass is 673 g/mol. The van der Waals surface area contributed by atoms with E-state index < -0.39 is 40.0 Å². The molecule has 1 aliphatic rings. The molecule has 0 aromatic heterocycles. The van der Waals surface area contributed by atoms with Crippen molar-refractivity contribution in [3.8, 4) is 0 Å². The summed E-state index contributed by atoms with van der Waals surface area (Å²) in [5.74, 6) is -2.72. The summed E-state index contributed by atoms with van der Waals surface area (Å²) in [6, 6.07) is 11.2. The number of carbonyl (C=O) groups is 4. The van der Waals surface area contributed by atoms with E-state index in [0.29, 0.717) is 17.5 Å². The Bertz CT molecular complexity index is 1500. The number of Topliss-reactive ketones (excluding diaryl/α,β-unsaturated/α-hetero) is 1. The Morgan fingerprint density at radius 1 is 1.02 bits per heavy atom. The maximum atomic E-state index is 13.2. The predicted octanol–water partition coefficient (Wildman–Crippen LogP) is -0.505. The summed E-state index contributed by atoms with van der Waals surface area (Å²) in [6.07, 6.45) is 0.890. The molecule has 8 N–H and O–H groups in total. The van der Waals surface area contributed by atoms with Gasteiger partial charge in [0.25, 0.3) is 0 Å². The van der Waals surface area contributed by atoms with Crippen LogP contribution in [0.3, 0.4) is 0 Å². The van der Waals surface area contributed by atoms with Crippen LogP contribution in [-0.2, 0) is 46.8 Å². The lowest BCUT2D eigenvalue weighted by Gasteiger charge is -2.25. The maximum absolute atomic E-state index is 13.2. The number of ketones is 1. The minimum atomic E-state index is -3.94. The van der Waals surface area contributed by atoms with Crippen LogP contribution in [0.1, 0.15) is 36.8 Å². The maximum Gasteiger partial charge on any atom is 0.326 e. The molecule has 0 radical (unpaired) electrons. The lowest BCUT2D eigenvalue weighted by Crippen LogP contribution is -2.51. The molecule has 1 saturated heterocycles. The van der Waals surface area contributed by atoms with Crippen molar-refractivity contribution in [2.24, 2.45) is 16.5 Å². The molecule has 0 bridgehead atoms. The van der Waals surface area contributed by atoms with Gasteiger partial charge in [-0.3, -0.25) is 24.7 Å². The molecule has 3 atom stereocenters. The van der Waals surface area contributed by atoms with Crippen molar-refractivity contribution in [1.82, 2.24) is 20.3 Å². The first-order valence-corrected chi connectivity index (χ1v) is 16.6. The Hall–Kier alpha value is -4.38. The van der Waals surface area contributed by atoms with Gasteiger partial charge in [0.2, 0.25) is 21.8 Å². The first-order chi connectivity index (χ1) is 22.4. The molecule has 2 aromatic rings. The van der Waals surface area contributed by atoms with Gasteiger partial charge < -0.3 is 31.9 Å². The van der Waals surface area contributed by atoms with E-state index in [9.17, 15) is 32.7 Å². The van der Waals surface area contributed by atoms with Crippen LogP contribution in [0.25, 0.3) is 0 Å². The fourth-order valence-corrected chi connectivity index (χ4v) is 6.76. The highest BCUT2D eigenvalue weighted by Crippen LogP contribution is 2.26.